The van der Waals surface area contributed by atoms with Crippen molar-refractivity contribution in [3.63, 3.8) is 0 Å². The SMILES string of the molecule is Fc1c(NC23CC4CC(CC(C4)C2)C3)c(NC23CC4CC(CC(C4)C2)C3)c(F)c2c1-c1nc3[n-]c(nc4[nH+]c(nc5[n-]c(nc-2[nH+]1)c1c(F)c(NC26CC7CC(CC(C7)C2)C6)c(NC26CC7CC(CC(C7)C2)C6)c(F)c51)-c1c(F)c(NC25CC6CC(CC(C6)C2)C5)c(NC25CC6CC(CC(C6)C2)C5)c(F)c1-4)c1c(F)c(NC24CC5CC(CC(C5)C2)C4)c(NC24CC5CC(CC(C5)C2)C4)c(F)c31.[Mg+2]. The van der Waals surface area contributed by atoms with Gasteiger partial charge in [-0.25, -0.2) is 40.1 Å². The van der Waals surface area contributed by atoms with E-state index >= 15 is 35.1 Å². The van der Waals surface area contributed by atoms with Crippen LogP contribution in [0.2, 0.25) is 0 Å². The van der Waals surface area contributed by atoms with Gasteiger partial charge in [0, 0.05) is 55.3 Å². The number of anilines is 8. The van der Waals surface area contributed by atoms with Crippen molar-refractivity contribution >= 4 is 113 Å². The van der Waals surface area contributed by atoms with Crippen LogP contribution in [0.5, 0.6) is 0 Å². The van der Waals surface area contributed by atoms with Crippen LogP contribution in [0.25, 0.3) is 89.7 Å². The standard InChI is InChI=1S/C112H128F8N16.Mg/c113-81-73-74(82(114)90(130-106-28-52-4-53(29-106)6-54(5-52)30-106)89(81)129-105-25-49-1-50(26-105)3-51(2-49)27-105)98-121-97(73)125-99-75-76(84(116)92(132-108-34-58-10-59(35-108)12-60(11-58)36-108)91(83(75)115)131-107-31-55-7-56(32-107)9-57(8-55)33-107)101(122-99)127-103-79-80(88(120)96(136-112-46-70-22-71(47-112)24-72(23-70)48-112)95(87(79)119)135-111-43-67-19-68(44-111)21-69(20-67)45-111)104(124-103)128-102-78-77(100(123-102)126-98)85(117)93(133-109-37-61-13-62(38-109)15-63(14-61)39-109)94(86(78)118)134-110-40-64-16-65(41-110)18-66(17-64)42-110;/h49-72,129-136H,1-48H2;/q-2;+2/p+2. The molecule has 34 aliphatic rings. The molecule has 0 spiro atoms. The van der Waals surface area contributed by atoms with Gasteiger partial charge < -0.3 is 52.5 Å². The summed E-state index contributed by atoms with van der Waals surface area (Å²) in [7, 11) is 0. The van der Waals surface area contributed by atoms with Gasteiger partial charge in [-0.1, -0.05) is 15.0 Å². The Balaban J connectivity index is 0.00000855. The van der Waals surface area contributed by atoms with Gasteiger partial charge in [0.2, 0.25) is 0 Å². The number of rotatable bonds is 16. The molecule has 714 valence electrons. The Hall–Kier alpha value is -7.15. The van der Waals surface area contributed by atoms with Crippen molar-refractivity contribution in [2.45, 2.75) is 353 Å². The number of hydrogen-bond acceptors (Lipinski definition) is 12. The second-order valence-electron chi connectivity index (χ2n) is 54.7. The van der Waals surface area contributed by atoms with E-state index in [4.69, 9.17) is 29.9 Å². The topological polar surface area (TPSA) is 204 Å². The normalized spacial score (nSPS) is 43.9. The fourth-order valence-electron chi connectivity index (χ4n) is 43.6. The Morgan fingerprint density at radius 3 is 0.409 bits per heavy atom. The third-order valence-corrected chi connectivity index (χ3v) is 44.5. The Bertz CT molecular complexity index is 5600. The number of benzene rings is 4. The van der Waals surface area contributed by atoms with Crippen molar-refractivity contribution in [3.8, 4) is 45.6 Å². The summed E-state index contributed by atoms with van der Waals surface area (Å²) >= 11 is 0. The summed E-state index contributed by atoms with van der Waals surface area (Å²) in [5, 5.41) is 30.0. The van der Waals surface area contributed by atoms with Gasteiger partial charge in [0.05, 0.1) is 67.2 Å². The molecule has 32 fully saturated rings. The van der Waals surface area contributed by atoms with E-state index in [2.05, 4.69) is 52.5 Å². The molecule has 25 heteroatoms. The van der Waals surface area contributed by atoms with E-state index in [1.54, 1.807) is 0 Å². The molecule has 4 aromatic carbocycles. The van der Waals surface area contributed by atoms with Crippen molar-refractivity contribution < 1.29 is 45.1 Å². The van der Waals surface area contributed by atoms with E-state index in [1.165, 1.54) is 0 Å². The van der Waals surface area contributed by atoms with Gasteiger partial charge in [-0.15, -0.1) is 0 Å². The van der Waals surface area contributed by atoms with E-state index in [-0.39, 0.29) is 136 Å². The molecule has 0 atom stereocenters. The summed E-state index contributed by atoms with van der Waals surface area (Å²) in [4.78, 5) is 39.3. The van der Waals surface area contributed by atoms with Gasteiger partial charge >= 0.3 is 23.1 Å². The number of fused-ring (bicyclic) bond motifs is 20. The van der Waals surface area contributed by atoms with Crippen LogP contribution in [-0.4, -0.2) is 87.3 Å². The summed E-state index contributed by atoms with van der Waals surface area (Å²) in [6.45, 7) is 0. The smallest absolute Gasteiger partial charge is 0.375 e. The molecule has 7 aromatic rings. The Morgan fingerprint density at radius 2 is 0.292 bits per heavy atom. The first-order chi connectivity index (χ1) is 65.8. The second-order valence-corrected chi connectivity index (χ2v) is 54.7. The van der Waals surface area contributed by atoms with Crippen LogP contribution < -0.4 is 62.5 Å². The number of H-pyrrole nitrogens is 2. The van der Waals surface area contributed by atoms with E-state index in [0.29, 0.717) is 142 Å². The molecule has 5 heterocycles. The van der Waals surface area contributed by atoms with E-state index in [0.717, 1.165) is 308 Å². The molecule has 40 bridgehead atoms. The van der Waals surface area contributed by atoms with E-state index < -0.39 is 113 Å². The number of nitrogens with zero attached hydrogens (tertiary/aromatic N) is 6. The van der Waals surface area contributed by atoms with Crippen LogP contribution in [0.15, 0.2) is 0 Å². The first kappa shape index (κ1) is 83.3. The third kappa shape index (κ3) is 12.4. The number of aromatic amines is 2. The second kappa shape index (κ2) is 28.3. The Morgan fingerprint density at radius 1 is 0.182 bits per heavy atom. The van der Waals surface area contributed by atoms with Gasteiger partial charge in [-0.05, 0) is 450 Å². The van der Waals surface area contributed by atoms with Crippen molar-refractivity contribution in [2.75, 3.05) is 42.5 Å². The van der Waals surface area contributed by atoms with Crippen LogP contribution in [0.1, 0.15) is 308 Å². The molecule has 3 aromatic heterocycles. The first-order valence-corrected chi connectivity index (χ1v) is 55.1. The van der Waals surface area contributed by atoms with Crippen molar-refractivity contribution in [1.82, 2.24) is 29.9 Å². The Labute approximate surface area is 811 Å². The summed E-state index contributed by atoms with van der Waals surface area (Å²) in [6, 6.07) is 0. The summed E-state index contributed by atoms with van der Waals surface area (Å²) in [5.41, 5.74) is -7.95. The molecule has 16 nitrogen and oxygen atoms in total. The van der Waals surface area contributed by atoms with Crippen molar-refractivity contribution in [3.05, 3.63) is 46.5 Å². The minimum Gasteiger partial charge on any atom is -0.375 e. The fraction of sp³-hybridized carbons (Fsp3) is 0.714. The molecule has 0 unspecified atom stereocenters. The molecule has 137 heavy (non-hydrogen) atoms. The zero-order valence-electron chi connectivity index (χ0n) is 79.2. The maximum Gasteiger partial charge on any atom is 2.00 e. The zero-order chi connectivity index (χ0) is 89.6. The molecule has 2 aliphatic heterocycles. The fourth-order valence-corrected chi connectivity index (χ4v) is 43.6. The average Bonchev–Trinajstić information content (AvgIpc) is 1.55. The summed E-state index contributed by atoms with van der Waals surface area (Å²) < 4.78 is 166. The van der Waals surface area contributed by atoms with Gasteiger partial charge in [0.1, 0.15) is 22.5 Å². The van der Waals surface area contributed by atoms with E-state index in [9.17, 15) is 0 Å². The predicted octanol–water partition coefficient (Wildman–Crippen LogP) is 24.7. The predicted molar refractivity (Wildman–Crippen MR) is 513 cm³/mol. The van der Waals surface area contributed by atoms with Gasteiger partial charge in [-0.3, -0.25) is 9.97 Å². The van der Waals surface area contributed by atoms with Crippen LogP contribution in [-0.2, 0) is 0 Å². The first-order valence-electron chi connectivity index (χ1n) is 55.1. The molecule has 0 radical (unpaired) electrons. The minimum atomic E-state index is -0.845. The van der Waals surface area contributed by atoms with Crippen molar-refractivity contribution in [1.29, 1.82) is 0 Å². The van der Waals surface area contributed by atoms with Crippen LogP contribution >= 0.6 is 0 Å². The van der Waals surface area contributed by atoms with Crippen LogP contribution in [0.3, 0.4) is 0 Å². The average molecular weight is 1880 g/mol. The minimum absolute atomic E-state index is 0. The number of nitrogens with one attached hydrogen (secondary N) is 10. The largest absolute Gasteiger partial charge is 2.00 e. The quantitative estimate of drug-likeness (QED) is 0.0335. The third-order valence-electron chi connectivity index (χ3n) is 44.5. The molecule has 32 saturated carbocycles. The number of hydrogen-bond donors (Lipinski definition) is 8. The molecular formula is C112H130F8MgN16+2. The van der Waals surface area contributed by atoms with Gasteiger partial charge in [0.15, 0.2) is 63.5 Å². The van der Waals surface area contributed by atoms with Crippen LogP contribution in [0, 0.1) is 189 Å². The molecule has 0 saturated heterocycles. The zero-order valence-corrected chi connectivity index (χ0v) is 80.6. The maximum absolute atomic E-state index is 20.7. The monoisotopic (exact) mass is 1880 g/mol. The number of aromatic nitrogens is 8. The molecule has 10 N–H and O–H groups in total. The molecule has 32 aliphatic carbocycles. The van der Waals surface area contributed by atoms with Crippen LogP contribution in [0.4, 0.5) is 80.6 Å². The molecular weight excluding hydrogens is 1750 g/mol. The van der Waals surface area contributed by atoms with Crippen molar-refractivity contribution in [2.24, 2.45) is 142 Å². The summed E-state index contributed by atoms with van der Waals surface area (Å²) in [6.07, 6.45) is 45.3. The molecule has 41 rings (SSSR count). The molecule has 0 amide bonds. The Kier molecular flexibility index (Phi) is 17.2. The van der Waals surface area contributed by atoms with Gasteiger partial charge in [0.25, 0.3) is 17.5 Å². The summed E-state index contributed by atoms with van der Waals surface area (Å²) in [5.74, 6) is 1.83. The number of halogens is 8. The maximum atomic E-state index is 20.7. The van der Waals surface area contributed by atoms with Gasteiger partial charge in [-0.2, -0.15) is 0 Å². The van der Waals surface area contributed by atoms with E-state index in [1.807, 2.05) is 0 Å².